The number of benzene rings is 2. The van der Waals surface area contributed by atoms with Crippen molar-refractivity contribution in [1.82, 2.24) is 5.43 Å². The Bertz CT molecular complexity index is 906. The van der Waals surface area contributed by atoms with Gasteiger partial charge in [0.25, 0.3) is 5.69 Å². The highest BCUT2D eigenvalue weighted by molar-refractivity contribution is 6.06. The van der Waals surface area contributed by atoms with Crippen LogP contribution in [0.5, 0.6) is 5.75 Å². The summed E-state index contributed by atoms with van der Waals surface area (Å²) in [6.07, 6.45) is -0.340. The molecule has 0 radical (unpaired) electrons. The van der Waals surface area contributed by atoms with Crippen LogP contribution in [0.1, 0.15) is 18.9 Å². The third kappa shape index (κ3) is 4.46. The fraction of sp³-hybridized carbons (Fsp3) is 0.167. The minimum Gasteiger partial charge on any atom is -0.410 e. The number of nitrogens with one attached hydrogen (secondary N) is 2. The highest BCUT2D eigenvalue weighted by Crippen LogP contribution is 2.20. The first-order valence-electron chi connectivity index (χ1n) is 8.12. The van der Waals surface area contributed by atoms with Crippen molar-refractivity contribution in [3.8, 4) is 5.75 Å². The second-order valence-electron chi connectivity index (χ2n) is 5.98. The summed E-state index contributed by atoms with van der Waals surface area (Å²) >= 11 is 0. The van der Waals surface area contributed by atoms with Crippen molar-refractivity contribution in [2.45, 2.75) is 13.3 Å². The highest BCUT2D eigenvalue weighted by atomic mass is 16.6. The van der Waals surface area contributed by atoms with Crippen LogP contribution in [0.15, 0.2) is 53.6 Å². The molecule has 27 heavy (non-hydrogen) atoms. The third-order valence-corrected chi connectivity index (χ3v) is 3.94. The lowest BCUT2D eigenvalue weighted by molar-refractivity contribution is -0.384. The van der Waals surface area contributed by atoms with E-state index >= 15 is 0 Å². The van der Waals surface area contributed by atoms with Crippen molar-refractivity contribution in [3.63, 3.8) is 0 Å². The molecule has 0 saturated carbocycles. The predicted molar refractivity (Wildman–Crippen MR) is 97.6 cm³/mol. The molecule has 0 fully saturated rings. The van der Waals surface area contributed by atoms with Crippen LogP contribution < -0.4 is 15.5 Å². The molecule has 1 aliphatic heterocycles. The van der Waals surface area contributed by atoms with Crippen molar-refractivity contribution < 1.29 is 19.2 Å². The topological polar surface area (TPSA) is 123 Å². The number of amides is 2. The van der Waals surface area contributed by atoms with Crippen molar-refractivity contribution in [3.05, 3.63) is 64.2 Å². The molecule has 2 amide bonds. The number of hydrogen-bond acceptors (Lipinski definition) is 6. The average Bonchev–Trinajstić information content (AvgIpc) is 2.63. The van der Waals surface area contributed by atoms with E-state index in [0.717, 1.165) is 11.3 Å². The molecule has 0 bridgehead atoms. The zero-order valence-corrected chi connectivity index (χ0v) is 14.3. The van der Waals surface area contributed by atoms with Crippen LogP contribution in [-0.2, 0) is 4.79 Å². The lowest BCUT2D eigenvalue weighted by atomic mass is 9.94. The van der Waals surface area contributed by atoms with E-state index in [1.54, 1.807) is 24.3 Å². The Kier molecular flexibility index (Phi) is 5.11. The van der Waals surface area contributed by atoms with Crippen molar-refractivity contribution in [2.75, 3.05) is 5.32 Å². The number of carbonyl (C=O) groups is 2. The maximum Gasteiger partial charge on any atom is 0.417 e. The molecule has 9 heteroatoms. The molecule has 138 valence electrons. The van der Waals surface area contributed by atoms with E-state index in [9.17, 15) is 19.7 Å². The van der Waals surface area contributed by atoms with Gasteiger partial charge < -0.3 is 4.74 Å². The van der Waals surface area contributed by atoms with Crippen LogP contribution in [0.2, 0.25) is 0 Å². The molecule has 1 aliphatic rings. The van der Waals surface area contributed by atoms with Gasteiger partial charge in [-0.1, -0.05) is 19.1 Å². The summed E-state index contributed by atoms with van der Waals surface area (Å²) in [5.74, 6) is 0.0824. The Labute approximate surface area is 154 Å². The first-order chi connectivity index (χ1) is 12.9. The molecule has 0 aromatic heterocycles. The van der Waals surface area contributed by atoms with E-state index in [4.69, 9.17) is 4.74 Å². The van der Waals surface area contributed by atoms with Gasteiger partial charge in [-0.25, -0.2) is 10.2 Å². The number of nitro benzene ring substituents is 1. The van der Waals surface area contributed by atoms with Gasteiger partial charge in [-0.2, -0.15) is 5.10 Å². The number of ether oxygens (including phenoxy) is 1. The molecular formula is C18H16N4O5. The fourth-order valence-corrected chi connectivity index (χ4v) is 2.61. The lowest BCUT2D eigenvalue weighted by Crippen LogP contribution is -2.31. The van der Waals surface area contributed by atoms with Crippen molar-refractivity contribution in [1.29, 1.82) is 0 Å². The number of hydrazone groups is 1. The van der Waals surface area contributed by atoms with Gasteiger partial charge in [0.05, 0.1) is 10.6 Å². The minimum atomic E-state index is -0.716. The number of nitro groups is 1. The van der Waals surface area contributed by atoms with Gasteiger partial charge in [0, 0.05) is 30.2 Å². The molecule has 2 N–H and O–H groups in total. The number of rotatable bonds is 4. The molecule has 0 saturated heterocycles. The lowest BCUT2D eigenvalue weighted by Gasteiger charge is -2.19. The van der Waals surface area contributed by atoms with Gasteiger partial charge in [-0.05, 0) is 29.8 Å². The Morgan fingerprint density at radius 2 is 1.89 bits per heavy atom. The molecule has 1 heterocycles. The SMILES string of the molecule is CC1CC(=O)NN=C1c1ccc(NC(=O)Oc2ccc([N+](=O)[O-])cc2)cc1. The standard InChI is InChI=1S/C18H16N4O5/c1-11-10-16(23)20-21-17(11)12-2-4-13(5-3-12)19-18(24)27-15-8-6-14(7-9-15)22(25)26/h2-9,11H,10H2,1H3,(H,19,24)(H,20,23). The predicted octanol–water partition coefficient (Wildman–Crippen LogP) is 3.07. The summed E-state index contributed by atoms with van der Waals surface area (Å²) in [5.41, 5.74) is 4.50. The van der Waals surface area contributed by atoms with Gasteiger partial charge in [-0.15, -0.1) is 0 Å². The molecule has 1 atom stereocenters. The van der Waals surface area contributed by atoms with Gasteiger partial charge in [0.2, 0.25) is 5.91 Å². The Morgan fingerprint density at radius 1 is 1.22 bits per heavy atom. The molecule has 2 aromatic carbocycles. The van der Waals surface area contributed by atoms with Crippen LogP contribution in [0.3, 0.4) is 0 Å². The summed E-state index contributed by atoms with van der Waals surface area (Å²) in [6, 6.07) is 12.2. The second kappa shape index (κ2) is 7.65. The largest absolute Gasteiger partial charge is 0.417 e. The van der Waals surface area contributed by atoms with Gasteiger partial charge in [-0.3, -0.25) is 20.2 Å². The minimum absolute atomic E-state index is 0.00432. The zero-order chi connectivity index (χ0) is 19.4. The molecule has 0 spiro atoms. The zero-order valence-electron chi connectivity index (χ0n) is 14.3. The van der Waals surface area contributed by atoms with Crippen LogP contribution in [0.25, 0.3) is 0 Å². The molecule has 1 unspecified atom stereocenters. The quantitative estimate of drug-likeness (QED) is 0.634. The summed E-state index contributed by atoms with van der Waals surface area (Å²) in [6.45, 7) is 1.92. The van der Waals surface area contributed by atoms with E-state index in [0.29, 0.717) is 12.1 Å². The first-order valence-corrected chi connectivity index (χ1v) is 8.12. The number of hydrogen-bond donors (Lipinski definition) is 2. The van der Waals surface area contributed by atoms with E-state index in [-0.39, 0.29) is 23.3 Å². The van der Waals surface area contributed by atoms with E-state index in [1.807, 2.05) is 6.92 Å². The van der Waals surface area contributed by atoms with Crippen molar-refractivity contribution >= 4 is 29.1 Å². The van der Waals surface area contributed by atoms with Gasteiger partial charge >= 0.3 is 6.09 Å². The molecule has 2 aromatic rings. The van der Waals surface area contributed by atoms with E-state index in [1.165, 1.54) is 24.3 Å². The second-order valence-corrected chi connectivity index (χ2v) is 5.98. The van der Waals surface area contributed by atoms with E-state index < -0.39 is 11.0 Å². The van der Waals surface area contributed by atoms with Gasteiger partial charge in [0.15, 0.2) is 0 Å². The maximum atomic E-state index is 11.9. The molecular weight excluding hydrogens is 352 g/mol. The fourth-order valence-electron chi connectivity index (χ4n) is 2.61. The summed E-state index contributed by atoms with van der Waals surface area (Å²) in [7, 11) is 0. The van der Waals surface area contributed by atoms with Crippen LogP contribution in [0, 0.1) is 16.0 Å². The van der Waals surface area contributed by atoms with Crippen molar-refractivity contribution in [2.24, 2.45) is 11.0 Å². The monoisotopic (exact) mass is 368 g/mol. The smallest absolute Gasteiger partial charge is 0.410 e. The average molecular weight is 368 g/mol. The maximum absolute atomic E-state index is 11.9. The first kappa shape index (κ1) is 18.1. The Morgan fingerprint density at radius 3 is 2.48 bits per heavy atom. The van der Waals surface area contributed by atoms with Crippen LogP contribution >= 0.6 is 0 Å². The number of anilines is 1. The number of nitrogens with zero attached hydrogens (tertiary/aromatic N) is 2. The van der Waals surface area contributed by atoms with Gasteiger partial charge in [0.1, 0.15) is 5.75 Å². The number of non-ortho nitro benzene ring substituents is 1. The summed E-state index contributed by atoms with van der Waals surface area (Å²) in [4.78, 5) is 33.3. The van der Waals surface area contributed by atoms with Crippen LogP contribution in [0.4, 0.5) is 16.2 Å². The van der Waals surface area contributed by atoms with Crippen LogP contribution in [-0.4, -0.2) is 22.6 Å². The summed E-state index contributed by atoms with van der Waals surface area (Å²) in [5, 5.41) is 17.3. The molecule has 3 rings (SSSR count). The molecule has 9 nitrogen and oxygen atoms in total. The summed E-state index contributed by atoms with van der Waals surface area (Å²) < 4.78 is 5.08. The normalized spacial score (nSPS) is 16.1. The van der Waals surface area contributed by atoms with E-state index in [2.05, 4.69) is 15.8 Å². The number of carbonyl (C=O) groups excluding carboxylic acids is 2. The Balaban J connectivity index is 1.61. The third-order valence-electron chi connectivity index (χ3n) is 3.94. The molecule has 0 aliphatic carbocycles. The Hall–Kier alpha value is -3.75. The highest BCUT2D eigenvalue weighted by Gasteiger charge is 2.21.